The highest BCUT2D eigenvalue weighted by atomic mass is 35.5. The molecule has 0 aliphatic carbocycles. The molecule has 1 N–H and O–H groups in total. The minimum absolute atomic E-state index is 0.00388. The molecule has 174 valence electrons. The fraction of sp³-hybridized carbons (Fsp3) is 0.440. The van der Waals surface area contributed by atoms with E-state index in [2.05, 4.69) is 5.32 Å². The first-order valence-corrected chi connectivity index (χ1v) is 11.7. The molecular formula is C25H32Cl2N2O3. The number of halogens is 2. The molecule has 0 saturated carbocycles. The van der Waals surface area contributed by atoms with Crippen LogP contribution in [0.2, 0.25) is 10.0 Å². The highest BCUT2D eigenvalue weighted by molar-refractivity contribution is 6.36. The number of benzene rings is 2. The van der Waals surface area contributed by atoms with Crippen molar-refractivity contribution in [2.75, 3.05) is 6.61 Å². The zero-order valence-electron chi connectivity index (χ0n) is 19.4. The van der Waals surface area contributed by atoms with Gasteiger partial charge in [-0.3, -0.25) is 9.59 Å². The van der Waals surface area contributed by atoms with Gasteiger partial charge < -0.3 is 15.0 Å². The first-order valence-electron chi connectivity index (χ1n) is 10.9. The Bertz CT molecular complexity index is 929. The van der Waals surface area contributed by atoms with Crippen LogP contribution in [-0.2, 0) is 16.1 Å². The van der Waals surface area contributed by atoms with Crippen molar-refractivity contribution in [3.8, 4) is 5.75 Å². The molecule has 2 unspecified atom stereocenters. The van der Waals surface area contributed by atoms with Gasteiger partial charge in [-0.2, -0.15) is 0 Å². The molecule has 0 bridgehead atoms. The number of hydrogen-bond donors (Lipinski definition) is 1. The highest BCUT2D eigenvalue weighted by Crippen LogP contribution is 2.27. The molecule has 0 spiro atoms. The standard InChI is InChI=1S/C25H32Cl2N2O3/c1-6-18(5)28-25(31)23(7-2)29(14-20-21(26)9-8-10-22(20)27)24(30)15-32-19-12-11-16(3)17(4)13-19/h8-13,18,23H,6-7,14-15H2,1-5H3,(H,28,31). The smallest absolute Gasteiger partial charge is 0.261 e. The molecule has 2 atom stereocenters. The van der Waals surface area contributed by atoms with Gasteiger partial charge in [0.1, 0.15) is 11.8 Å². The van der Waals surface area contributed by atoms with Crippen molar-refractivity contribution < 1.29 is 14.3 Å². The van der Waals surface area contributed by atoms with Crippen LogP contribution >= 0.6 is 23.2 Å². The topological polar surface area (TPSA) is 58.6 Å². The molecule has 32 heavy (non-hydrogen) atoms. The molecule has 0 fully saturated rings. The molecule has 0 aliphatic heterocycles. The summed E-state index contributed by atoms with van der Waals surface area (Å²) in [6.07, 6.45) is 1.24. The van der Waals surface area contributed by atoms with Crippen molar-refractivity contribution in [1.82, 2.24) is 10.2 Å². The molecule has 0 heterocycles. The summed E-state index contributed by atoms with van der Waals surface area (Å²) < 4.78 is 5.77. The van der Waals surface area contributed by atoms with E-state index in [1.807, 2.05) is 52.8 Å². The van der Waals surface area contributed by atoms with Crippen molar-refractivity contribution in [3.63, 3.8) is 0 Å². The lowest BCUT2D eigenvalue weighted by Crippen LogP contribution is -2.51. The van der Waals surface area contributed by atoms with Crippen LogP contribution in [0, 0.1) is 13.8 Å². The number of rotatable bonds is 10. The summed E-state index contributed by atoms with van der Waals surface area (Å²) in [4.78, 5) is 27.8. The minimum Gasteiger partial charge on any atom is -0.484 e. The van der Waals surface area contributed by atoms with E-state index in [-0.39, 0.29) is 31.0 Å². The average Bonchev–Trinajstić information content (AvgIpc) is 2.76. The van der Waals surface area contributed by atoms with Gasteiger partial charge in [-0.1, -0.05) is 49.2 Å². The van der Waals surface area contributed by atoms with Crippen LogP contribution in [0.5, 0.6) is 5.75 Å². The summed E-state index contributed by atoms with van der Waals surface area (Å²) in [5.41, 5.74) is 2.82. The van der Waals surface area contributed by atoms with Gasteiger partial charge in [0.25, 0.3) is 5.91 Å². The Kier molecular flexibility index (Phi) is 9.85. The molecule has 2 rings (SSSR count). The summed E-state index contributed by atoms with van der Waals surface area (Å²) in [5.74, 6) is 0.0872. The average molecular weight is 479 g/mol. The van der Waals surface area contributed by atoms with Crippen LogP contribution in [0.4, 0.5) is 0 Å². The van der Waals surface area contributed by atoms with Crippen LogP contribution in [0.3, 0.4) is 0 Å². The lowest BCUT2D eigenvalue weighted by atomic mass is 10.1. The number of ether oxygens (including phenoxy) is 1. The molecule has 2 aromatic rings. The van der Waals surface area contributed by atoms with Gasteiger partial charge in [0.15, 0.2) is 6.61 Å². The van der Waals surface area contributed by atoms with Gasteiger partial charge >= 0.3 is 0 Å². The first-order chi connectivity index (χ1) is 15.2. The van der Waals surface area contributed by atoms with E-state index in [0.29, 0.717) is 27.8 Å². The number of carbonyl (C=O) groups is 2. The molecule has 0 aliphatic rings. The summed E-state index contributed by atoms with van der Waals surface area (Å²) in [7, 11) is 0. The normalized spacial score (nSPS) is 12.7. The van der Waals surface area contributed by atoms with Crippen LogP contribution in [-0.4, -0.2) is 35.4 Å². The number of hydrogen-bond acceptors (Lipinski definition) is 3. The second kappa shape index (κ2) is 12.1. The summed E-state index contributed by atoms with van der Waals surface area (Å²) in [6, 6.07) is 10.2. The number of carbonyl (C=O) groups excluding carboxylic acids is 2. The Morgan fingerprint density at radius 2 is 1.69 bits per heavy atom. The third-order valence-electron chi connectivity index (χ3n) is 5.62. The summed E-state index contributed by atoms with van der Waals surface area (Å²) in [6.45, 7) is 9.72. The Hall–Kier alpha value is -2.24. The quantitative estimate of drug-likeness (QED) is 0.475. The third-order valence-corrected chi connectivity index (χ3v) is 6.33. The monoisotopic (exact) mass is 478 g/mol. The Labute approximate surface area is 201 Å². The lowest BCUT2D eigenvalue weighted by molar-refractivity contribution is -0.143. The van der Waals surface area contributed by atoms with Gasteiger partial charge in [-0.05, 0) is 69.0 Å². The maximum absolute atomic E-state index is 13.3. The van der Waals surface area contributed by atoms with Gasteiger partial charge in [-0.15, -0.1) is 0 Å². The minimum atomic E-state index is -0.674. The SMILES string of the molecule is CCC(C)NC(=O)C(CC)N(Cc1c(Cl)cccc1Cl)C(=O)COc1ccc(C)c(C)c1. The van der Waals surface area contributed by atoms with Crippen LogP contribution in [0.25, 0.3) is 0 Å². The second-order valence-electron chi connectivity index (χ2n) is 8.00. The molecule has 7 heteroatoms. The van der Waals surface area contributed by atoms with E-state index in [9.17, 15) is 9.59 Å². The molecule has 5 nitrogen and oxygen atoms in total. The Morgan fingerprint density at radius 3 is 2.25 bits per heavy atom. The number of nitrogens with one attached hydrogen (secondary N) is 1. The van der Waals surface area contributed by atoms with Crippen molar-refractivity contribution in [2.45, 2.75) is 66.1 Å². The predicted octanol–water partition coefficient (Wildman–Crippen LogP) is 5.71. The summed E-state index contributed by atoms with van der Waals surface area (Å²) in [5, 5.41) is 3.87. The lowest BCUT2D eigenvalue weighted by Gasteiger charge is -2.32. The van der Waals surface area contributed by atoms with Gasteiger partial charge in [-0.25, -0.2) is 0 Å². The van der Waals surface area contributed by atoms with E-state index in [1.54, 1.807) is 18.2 Å². The zero-order chi connectivity index (χ0) is 23.8. The van der Waals surface area contributed by atoms with E-state index in [0.717, 1.165) is 17.5 Å². The van der Waals surface area contributed by atoms with E-state index in [4.69, 9.17) is 27.9 Å². The number of nitrogens with zero attached hydrogens (tertiary/aromatic N) is 1. The fourth-order valence-electron chi connectivity index (χ4n) is 3.25. The second-order valence-corrected chi connectivity index (χ2v) is 8.81. The van der Waals surface area contributed by atoms with E-state index < -0.39 is 6.04 Å². The maximum atomic E-state index is 13.3. The Morgan fingerprint density at radius 1 is 1.03 bits per heavy atom. The number of amides is 2. The molecule has 2 amide bonds. The zero-order valence-corrected chi connectivity index (χ0v) is 20.9. The first kappa shape index (κ1) is 26.0. The predicted molar refractivity (Wildman–Crippen MR) is 130 cm³/mol. The third kappa shape index (κ3) is 6.88. The molecular weight excluding hydrogens is 447 g/mol. The molecule has 2 aromatic carbocycles. The van der Waals surface area contributed by atoms with Crippen LogP contribution in [0.1, 0.15) is 50.3 Å². The van der Waals surface area contributed by atoms with E-state index >= 15 is 0 Å². The van der Waals surface area contributed by atoms with Crippen LogP contribution < -0.4 is 10.1 Å². The fourth-order valence-corrected chi connectivity index (χ4v) is 3.76. The maximum Gasteiger partial charge on any atom is 0.261 e. The largest absolute Gasteiger partial charge is 0.484 e. The van der Waals surface area contributed by atoms with Crippen LogP contribution in [0.15, 0.2) is 36.4 Å². The van der Waals surface area contributed by atoms with Crippen molar-refractivity contribution >= 4 is 35.0 Å². The Balaban J connectivity index is 2.29. The number of aryl methyl sites for hydroxylation is 2. The van der Waals surface area contributed by atoms with Gasteiger partial charge in [0, 0.05) is 28.2 Å². The van der Waals surface area contributed by atoms with Crippen molar-refractivity contribution in [1.29, 1.82) is 0 Å². The molecule has 0 saturated heterocycles. The molecule has 0 aromatic heterocycles. The van der Waals surface area contributed by atoms with Crippen molar-refractivity contribution in [2.24, 2.45) is 0 Å². The van der Waals surface area contributed by atoms with E-state index in [1.165, 1.54) is 4.90 Å². The molecule has 0 radical (unpaired) electrons. The van der Waals surface area contributed by atoms with Gasteiger partial charge in [0.2, 0.25) is 5.91 Å². The summed E-state index contributed by atoms with van der Waals surface area (Å²) >= 11 is 12.7. The highest BCUT2D eigenvalue weighted by Gasteiger charge is 2.30. The van der Waals surface area contributed by atoms with Gasteiger partial charge in [0.05, 0.1) is 0 Å². The van der Waals surface area contributed by atoms with Crippen molar-refractivity contribution in [3.05, 3.63) is 63.1 Å².